The lowest BCUT2D eigenvalue weighted by Gasteiger charge is -2.10. The van der Waals surface area contributed by atoms with Crippen LogP contribution >= 0.6 is 0 Å². The van der Waals surface area contributed by atoms with E-state index in [1.54, 1.807) is 6.07 Å². The molecule has 112 valence electrons. The summed E-state index contributed by atoms with van der Waals surface area (Å²) in [7, 11) is 1.28. The molecule has 0 saturated carbocycles. The van der Waals surface area contributed by atoms with Crippen LogP contribution in [-0.2, 0) is 9.53 Å². The number of carboxylic acids is 1. The molecule has 1 unspecified atom stereocenters. The number of nitrogens with one attached hydrogen (secondary N) is 1. The highest BCUT2D eigenvalue weighted by Crippen LogP contribution is 2.23. The van der Waals surface area contributed by atoms with Gasteiger partial charge < -0.3 is 19.6 Å². The summed E-state index contributed by atoms with van der Waals surface area (Å²) in [6.07, 6.45) is -1.08. The molecule has 0 aliphatic carbocycles. The monoisotopic (exact) mass is 291 g/mol. The van der Waals surface area contributed by atoms with Crippen molar-refractivity contribution in [3.05, 3.63) is 35.1 Å². The Balaban J connectivity index is 2.14. The van der Waals surface area contributed by atoms with E-state index in [4.69, 9.17) is 14.3 Å². The summed E-state index contributed by atoms with van der Waals surface area (Å²) < 4.78 is 10.2. The number of aliphatic carboxylic acids is 1. The highest BCUT2D eigenvalue weighted by atomic mass is 16.5. The van der Waals surface area contributed by atoms with E-state index >= 15 is 0 Å². The molecule has 1 aromatic carbocycles. The minimum absolute atomic E-state index is 0.125. The van der Waals surface area contributed by atoms with E-state index in [1.165, 1.54) is 7.11 Å². The van der Waals surface area contributed by atoms with E-state index in [0.29, 0.717) is 5.58 Å². The number of furan rings is 1. The number of carbonyl (C=O) groups excluding carboxylic acids is 1. The molecule has 0 fully saturated rings. The molecule has 2 N–H and O–H groups in total. The summed E-state index contributed by atoms with van der Waals surface area (Å²) in [5.74, 6) is -1.45. The molecule has 0 saturated heterocycles. The van der Waals surface area contributed by atoms with Gasteiger partial charge in [-0.1, -0.05) is 0 Å². The largest absolute Gasteiger partial charge is 0.479 e. The first-order chi connectivity index (χ1) is 9.92. The molecule has 21 heavy (non-hydrogen) atoms. The summed E-state index contributed by atoms with van der Waals surface area (Å²) in [5.41, 5.74) is 2.82. The molecule has 0 aliphatic heterocycles. The summed E-state index contributed by atoms with van der Waals surface area (Å²) in [4.78, 5) is 22.8. The second-order valence-electron chi connectivity index (χ2n) is 4.86. The molecule has 0 bridgehead atoms. The third kappa shape index (κ3) is 3.22. The Bertz CT molecular complexity index is 650. The topological polar surface area (TPSA) is 88.8 Å². The number of hydrogen-bond acceptors (Lipinski definition) is 4. The Kier molecular flexibility index (Phi) is 4.28. The van der Waals surface area contributed by atoms with Crippen molar-refractivity contribution in [1.82, 2.24) is 5.32 Å². The first-order valence-electron chi connectivity index (χ1n) is 6.47. The van der Waals surface area contributed by atoms with Gasteiger partial charge in [-0.2, -0.15) is 0 Å². The van der Waals surface area contributed by atoms with Crippen LogP contribution in [-0.4, -0.2) is 36.7 Å². The van der Waals surface area contributed by atoms with Gasteiger partial charge in [0, 0.05) is 12.5 Å². The van der Waals surface area contributed by atoms with Crippen molar-refractivity contribution >= 4 is 22.8 Å². The minimum atomic E-state index is -1.13. The molecule has 0 spiro atoms. The minimum Gasteiger partial charge on any atom is -0.479 e. The number of carbonyl (C=O) groups is 2. The van der Waals surface area contributed by atoms with Crippen molar-refractivity contribution in [2.75, 3.05) is 13.7 Å². The van der Waals surface area contributed by atoms with Crippen LogP contribution in [0.4, 0.5) is 0 Å². The normalized spacial score (nSPS) is 12.3. The van der Waals surface area contributed by atoms with Crippen LogP contribution in [0.5, 0.6) is 0 Å². The Hall–Kier alpha value is -2.34. The quantitative estimate of drug-likeness (QED) is 0.878. The number of fused-ring (bicyclic) bond motifs is 1. The molecule has 6 heteroatoms. The van der Waals surface area contributed by atoms with Crippen LogP contribution in [0, 0.1) is 13.8 Å². The number of ether oxygens (including phenoxy) is 1. The average molecular weight is 291 g/mol. The first kappa shape index (κ1) is 15.1. The average Bonchev–Trinajstić information content (AvgIpc) is 2.82. The van der Waals surface area contributed by atoms with Gasteiger partial charge in [0.25, 0.3) is 5.91 Å². The van der Waals surface area contributed by atoms with Crippen LogP contribution in [0.3, 0.4) is 0 Å². The van der Waals surface area contributed by atoms with Crippen LogP contribution in [0.25, 0.3) is 11.0 Å². The van der Waals surface area contributed by atoms with E-state index in [-0.39, 0.29) is 12.3 Å². The molecule has 2 aromatic rings. The molecule has 1 amide bonds. The van der Waals surface area contributed by atoms with E-state index in [9.17, 15) is 9.59 Å². The zero-order valence-electron chi connectivity index (χ0n) is 12.1. The second kappa shape index (κ2) is 5.97. The number of hydrogen-bond donors (Lipinski definition) is 2. The predicted molar refractivity (Wildman–Crippen MR) is 76.5 cm³/mol. The van der Waals surface area contributed by atoms with E-state index in [0.717, 1.165) is 16.5 Å². The fraction of sp³-hybridized carbons (Fsp3) is 0.333. The Labute approximate surface area is 121 Å². The SMILES string of the molecule is COC(CNC(=O)c1cc2cc(C)c(C)cc2o1)C(=O)O. The van der Waals surface area contributed by atoms with Gasteiger partial charge in [0.1, 0.15) is 5.58 Å². The number of benzene rings is 1. The Morgan fingerprint density at radius 1 is 1.29 bits per heavy atom. The Morgan fingerprint density at radius 3 is 2.57 bits per heavy atom. The van der Waals surface area contributed by atoms with Gasteiger partial charge in [-0.15, -0.1) is 0 Å². The lowest BCUT2D eigenvalue weighted by molar-refractivity contribution is -0.148. The molecular formula is C15H17NO5. The summed E-state index contributed by atoms with van der Waals surface area (Å²) >= 11 is 0. The summed E-state index contributed by atoms with van der Waals surface area (Å²) in [6, 6.07) is 5.45. The second-order valence-corrected chi connectivity index (χ2v) is 4.86. The molecular weight excluding hydrogens is 274 g/mol. The van der Waals surface area contributed by atoms with Crippen molar-refractivity contribution in [2.45, 2.75) is 20.0 Å². The highest BCUT2D eigenvalue weighted by Gasteiger charge is 2.19. The number of carboxylic acid groups (broad SMARTS) is 1. The van der Waals surface area contributed by atoms with Crippen molar-refractivity contribution < 1.29 is 23.8 Å². The van der Waals surface area contributed by atoms with Crippen molar-refractivity contribution in [3.8, 4) is 0 Å². The van der Waals surface area contributed by atoms with E-state index < -0.39 is 18.0 Å². The molecule has 1 aromatic heterocycles. The molecule has 0 radical (unpaired) electrons. The van der Waals surface area contributed by atoms with Crippen LogP contribution < -0.4 is 5.32 Å². The van der Waals surface area contributed by atoms with E-state index in [2.05, 4.69) is 5.32 Å². The lowest BCUT2D eigenvalue weighted by atomic mass is 10.1. The van der Waals surface area contributed by atoms with Gasteiger partial charge in [0.05, 0.1) is 6.54 Å². The zero-order chi connectivity index (χ0) is 15.6. The van der Waals surface area contributed by atoms with Gasteiger partial charge in [0.2, 0.25) is 0 Å². The van der Waals surface area contributed by atoms with E-state index in [1.807, 2.05) is 26.0 Å². The fourth-order valence-corrected chi connectivity index (χ4v) is 1.96. The summed E-state index contributed by atoms with van der Waals surface area (Å²) in [5, 5.41) is 12.2. The smallest absolute Gasteiger partial charge is 0.334 e. The number of methoxy groups -OCH3 is 1. The van der Waals surface area contributed by atoms with Gasteiger partial charge in [-0.25, -0.2) is 4.79 Å². The maximum Gasteiger partial charge on any atom is 0.334 e. The number of rotatable bonds is 5. The lowest BCUT2D eigenvalue weighted by Crippen LogP contribution is -2.37. The third-order valence-electron chi connectivity index (χ3n) is 3.36. The molecule has 2 rings (SSSR count). The van der Waals surface area contributed by atoms with Crippen molar-refractivity contribution in [2.24, 2.45) is 0 Å². The highest BCUT2D eigenvalue weighted by molar-refractivity contribution is 5.96. The predicted octanol–water partition coefficient (Wildman–Crippen LogP) is 1.88. The molecule has 6 nitrogen and oxygen atoms in total. The van der Waals surface area contributed by atoms with Gasteiger partial charge in [0.15, 0.2) is 11.9 Å². The van der Waals surface area contributed by atoms with Gasteiger partial charge >= 0.3 is 5.97 Å². The van der Waals surface area contributed by atoms with Crippen LogP contribution in [0.1, 0.15) is 21.7 Å². The van der Waals surface area contributed by atoms with Gasteiger partial charge in [-0.3, -0.25) is 4.79 Å². The van der Waals surface area contributed by atoms with Crippen molar-refractivity contribution in [3.63, 3.8) is 0 Å². The molecule has 1 heterocycles. The Morgan fingerprint density at radius 2 is 1.95 bits per heavy atom. The standard InChI is InChI=1S/C15H17NO5/c1-8-4-10-6-12(21-11(10)5-9(8)2)14(17)16-7-13(20-3)15(18)19/h4-6,13H,7H2,1-3H3,(H,16,17)(H,18,19). The maximum absolute atomic E-state index is 12.0. The van der Waals surface area contributed by atoms with Crippen LogP contribution in [0.2, 0.25) is 0 Å². The van der Waals surface area contributed by atoms with Gasteiger partial charge in [-0.05, 0) is 43.2 Å². The molecule has 1 atom stereocenters. The maximum atomic E-state index is 12.0. The summed E-state index contributed by atoms with van der Waals surface area (Å²) in [6.45, 7) is 3.82. The number of amides is 1. The zero-order valence-corrected chi connectivity index (χ0v) is 12.1. The fourth-order valence-electron chi connectivity index (χ4n) is 1.96. The first-order valence-corrected chi connectivity index (χ1v) is 6.47. The number of aryl methyl sites for hydroxylation is 2. The van der Waals surface area contributed by atoms with Crippen molar-refractivity contribution in [1.29, 1.82) is 0 Å². The third-order valence-corrected chi connectivity index (χ3v) is 3.36. The molecule has 0 aliphatic rings. The van der Waals surface area contributed by atoms with Crippen LogP contribution in [0.15, 0.2) is 22.6 Å².